The number of allylic oxidation sites excluding steroid dienone is 2. The zero-order valence-corrected chi connectivity index (χ0v) is 10.2. The first kappa shape index (κ1) is 12.1. The summed E-state index contributed by atoms with van der Waals surface area (Å²) in [6.45, 7) is 1.87. The molecule has 1 aromatic heterocycles. The lowest BCUT2D eigenvalue weighted by molar-refractivity contribution is 0.499. The Morgan fingerprint density at radius 3 is 2.44 bits per heavy atom. The third-order valence-electron chi connectivity index (χ3n) is 2.39. The lowest BCUT2D eigenvalue weighted by atomic mass is 10.2. The van der Waals surface area contributed by atoms with Crippen molar-refractivity contribution in [1.29, 1.82) is 0 Å². The molecule has 2 aromatic rings. The van der Waals surface area contributed by atoms with Gasteiger partial charge in [-0.3, -0.25) is 0 Å². The van der Waals surface area contributed by atoms with E-state index >= 15 is 0 Å². The van der Waals surface area contributed by atoms with E-state index < -0.39 is 0 Å². The molecular weight excluding hydrogens is 224 g/mol. The van der Waals surface area contributed by atoms with Crippen molar-refractivity contribution >= 4 is 12.2 Å². The Balaban J connectivity index is 2.08. The van der Waals surface area contributed by atoms with Crippen LogP contribution in [0.2, 0.25) is 0 Å². The molecule has 0 amide bonds. The van der Waals surface area contributed by atoms with Crippen LogP contribution in [0.3, 0.4) is 0 Å². The van der Waals surface area contributed by atoms with E-state index in [9.17, 15) is 4.79 Å². The van der Waals surface area contributed by atoms with Gasteiger partial charge >= 0.3 is 5.63 Å². The molecule has 0 unspecified atom stereocenters. The van der Waals surface area contributed by atoms with E-state index in [4.69, 9.17) is 4.42 Å². The van der Waals surface area contributed by atoms with Gasteiger partial charge < -0.3 is 4.42 Å². The van der Waals surface area contributed by atoms with Crippen LogP contribution in [-0.2, 0) is 0 Å². The van der Waals surface area contributed by atoms with Gasteiger partial charge in [0.25, 0.3) is 0 Å². The Kier molecular flexibility index (Phi) is 3.92. The number of hydrogen-bond acceptors (Lipinski definition) is 2. The van der Waals surface area contributed by atoms with Crippen LogP contribution in [-0.4, -0.2) is 0 Å². The van der Waals surface area contributed by atoms with E-state index in [1.165, 1.54) is 6.07 Å². The Bertz CT molecular complexity index is 619. The SMILES string of the molecule is Cc1cc(/C=C/C=C/c2ccccc2)oc(=O)c1. The highest BCUT2D eigenvalue weighted by molar-refractivity contribution is 5.54. The summed E-state index contributed by atoms with van der Waals surface area (Å²) in [5.74, 6) is 0.567. The average molecular weight is 238 g/mol. The normalized spacial score (nSPS) is 11.4. The summed E-state index contributed by atoms with van der Waals surface area (Å²) >= 11 is 0. The molecule has 0 radical (unpaired) electrons. The van der Waals surface area contributed by atoms with E-state index in [0.717, 1.165) is 11.1 Å². The van der Waals surface area contributed by atoms with Crippen molar-refractivity contribution in [2.45, 2.75) is 6.92 Å². The summed E-state index contributed by atoms with van der Waals surface area (Å²) < 4.78 is 5.03. The summed E-state index contributed by atoms with van der Waals surface area (Å²) in [5.41, 5.74) is 1.72. The van der Waals surface area contributed by atoms with Crippen molar-refractivity contribution < 1.29 is 4.42 Å². The monoisotopic (exact) mass is 238 g/mol. The van der Waals surface area contributed by atoms with Crippen molar-refractivity contribution in [2.24, 2.45) is 0 Å². The van der Waals surface area contributed by atoms with Crippen molar-refractivity contribution in [3.8, 4) is 0 Å². The van der Waals surface area contributed by atoms with E-state index in [1.807, 2.05) is 61.5 Å². The molecular formula is C16H14O2. The topological polar surface area (TPSA) is 30.2 Å². The minimum absolute atomic E-state index is 0.318. The van der Waals surface area contributed by atoms with Crippen LogP contribution < -0.4 is 5.63 Å². The summed E-state index contributed by atoms with van der Waals surface area (Å²) in [5, 5.41) is 0. The Labute approximate surface area is 106 Å². The van der Waals surface area contributed by atoms with Gasteiger partial charge in [0, 0.05) is 6.07 Å². The fourth-order valence-corrected chi connectivity index (χ4v) is 1.59. The first-order valence-corrected chi connectivity index (χ1v) is 5.76. The van der Waals surface area contributed by atoms with Gasteiger partial charge in [0.05, 0.1) is 0 Å². The van der Waals surface area contributed by atoms with Crippen molar-refractivity contribution in [2.75, 3.05) is 0 Å². The van der Waals surface area contributed by atoms with Crippen molar-refractivity contribution in [3.05, 3.63) is 81.9 Å². The molecule has 2 heteroatoms. The molecule has 2 nitrogen and oxygen atoms in total. The minimum atomic E-state index is -0.318. The molecule has 90 valence electrons. The highest BCUT2D eigenvalue weighted by Gasteiger charge is 1.93. The van der Waals surface area contributed by atoms with E-state index in [1.54, 1.807) is 6.08 Å². The maximum Gasteiger partial charge on any atom is 0.336 e. The maximum atomic E-state index is 11.1. The zero-order valence-electron chi connectivity index (χ0n) is 10.2. The molecule has 0 spiro atoms. The standard InChI is InChI=1S/C16H14O2/c1-13-11-15(18-16(17)12-13)10-6-5-9-14-7-3-2-4-8-14/h2-12H,1H3/b9-5+,10-6+. The third kappa shape index (κ3) is 3.59. The van der Waals surface area contributed by atoms with Crippen LogP contribution in [0.25, 0.3) is 12.2 Å². The molecule has 18 heavy (non-hydrogen) atoms. The molecule has 1 heterocycles. The quantitative estimate of drug-likeness (QED) is 0.763. The zero-order chi connectivity index (χ0) is 12.8. The second kappa shape index (κ2) is 5.82. The van der Waals surface area contributed by atoms with E-state index in [0.29, 0.717) is 5.76 Å². The molecule has 0 aliphatic carbocycles. The molecule has 0 bridgehead atoms. The fourth-order valence-electron chi connectivity index (χ4n) is 1.59. The first-order chi connectivity index (χ1) is 8.74. The number of aryl methyl sites for hydroxylation is 1. The molecule has 0 saturated carbocycles. The molecule has 0 atom stereocenters. The lowest BCUT2D eigenvalue weighted by Gasteiger charge is -1.93. The van der Waals surface area contributed by atoms with Crippen molar-refractivity contribution in [3.63, 3.8) is 0 Å². The minimum Gasteiger partial charge on any atom is -0.423 e. The first-order valence-electron chi connectivity index (χ1n) is 5.76. The van der Waals surface area contributed by atoms with Gasteiger partial charge in [-0.2, -0.15) is 0 Å². The van der Waals surface area contributed by atoms with Gasteiger partial charge in [0.15, 0.2) is 0 Å². The second-order valence-electron chi connectivity index (χ2n) is 3.99. The van der Waals surface area contributed by atoms with Crippen LogP contribution in [0, 0.1) is 6.92 Å². The van der Waals surface area contributed by atoms with Gasteiger partial charge in [0.1, 0.15) is 5.76 Å². The molecule has 0 N–H and O–H groups in total. The summed E-state index contributed by atoms with van der Waals surface area (Å²) in [6, 6.07) is 13.3. The third-order valence-corrected chi connectivity index (χ3v) is 2.39. The van der Waals surface area contributed by atoms with Crippen LogP contribution in [0.1, 0.15) is 16.9 Å². The van der Waals surface area contributed by atoms with Gasteiger partial charge in [-0.05, 0) is 30.2 Å². The lowest BCUT2D eigenvalue weighted by Crippen LogP contribution is -1.97. The number of rotatable bonds is 3. The fraction of sp³-hybridized carbons (Fsp3) is 0.0625. The number of benzene rings is 1. The smallest absolute Gasteiger partial charge is 0.336 e. The summed E-state index contributed by atoms with van der Waals surface area (Å²) in [7, 11) is 0. The molecule has 0 aliphatic rings. The van der Waals surface area contributed by atoms with Crippen LogP contribution in [0.15, 0.2) is 63.8 Å². The van der Waals surface area contributed by atoms with Gasteiger partial charge in [0.2, 0.25) is 0 Å². The molecule has 1 aromatic carbocycles. The molecule has 0 aliphatic heterocycles. The van der Waals surface area contributed by atoms with Gasteiger partial charge in [-0.15, -0.1) is 0 Å². The van der Waals surface area contributed by atoms with Crippen LogP contribution in [0.4, 0.5) is 0 Å². The predicted molar refractivity (Wildman–Crippen MR) is 74.2 cm³/mol. The summed E-state index contributed by atoms with van der Waals surface area (Å²) in [6.07, 6.45) is 7.53. The predicted octanol–water partition coefficient (Wildman–Crippen LogP) is 3.67. The Morgan fingerprint density at radius 2 is 1.72 bits per heavy atom. The van der Waals surface area contributed by atoms with Crippen LogP contribution in [0.5, 0.6) is 0 Å². The van der Waals surface area contributed by atoms with E-state index in [-0.39, 0.29) is 5.63 Å². The number of hydrogen-bond donors (Lipinski definition) is 0. The van der Waals surface area contributed by atoms with E-state index in [2.05, 4.69) is 0 Å². The highest BCUT2D eigenvalue weighted by atomic mass is 16.4. The van der Waals surface area contributed by atoms with Crippen LogP contribution >= 0.6 is 0 Å². The molecule has 2 rings (SSSR count). The Hall–Kier alpha value is -2.35. The summed E-state index contributed by atoms with van der Waals surface area (Å²) in [4.78, 5) is 11.1. The van der Waals surface area contributed by atoms with Gasteiger partial charge in [-0.25, -0.2) is 4.79 Å². The molecule has 0 saturated heterocycles. The largest absolute Gasteiger partial charge is 0.423 e. The van der Waals surface area contributed by atoms with Crippen molar-refractivity contribution in [1.82, 2.24) is 0 Å². The second-order valence-corrected chi connectivity index (χ2v) is 3.99. The molecule has 0 fully saturated rings. The average Bonchev–Trinajstić information content (AvgIpc) is 2.35. The highest BCUT2D eigenvalue weighted by Crippen LogP contribution is 2.04. The van der Waals surface area contributed by atoms with Gasteiger partial charge in [-0.1, -0.05) is 48.6 Å². The Morgan fingerprint density at radius 1 is 1.00 bits per heavy atom. The maximum absolute atomic E-state index is 11.1.